The number of benzene rings is 1. The van der Waals surface area contributed by atoms with Crippen molar-refractivity contribution in [3.05, 3.63) is 28.8 Å². The fourth-order valence-electron chi connectivity index (χ4n) is 1.60. The van der Waals surface area contributed by atoms with Crippen molar-refractivity contribution in [3.63, 3.8) is 0 Å². The van der Waals surface area contributed by atoms with Gasteiger partial charge in [-0.25, -0.2) is 0 Å². The third-order valence-corrected chi connectivity index (χ3v) is 3.37. The Bertz CT molecular complexity index is 376. The van der Waals surface area contributed by atoms with E-state index in [1.54, 1.807) is 0 Å². The molecule has 1 fully saturated rings. The molecule has 1 saturated carbocycles. The predicted octanol–water partition coefficient (Wildman–Crippen LogP) is 3.77. The van der Waals surface area contributed by atoms with Crippen LogP contribution in [0.25, 0.3) is 0 Å². The van der Waals surface area contributed by atoms with Gasteiger partial charge in [0.15, 0.2) is 0 Å². The summed E-state index contributed by atoms with van der Waals surface area (Å²) in [6.07, 6.45) is 3.82. The molecule has 3 heteroatoms. The molecule has 0 radical (unpaired) electrons. The van der Waals surface area contributed by atoms with Crippen LogP contribution in [0.15, 0.2) is 18.2 Å². The summed E-state index contributed by atoms with van der Waals surface area (Å²) >= 11 is 6.21. The summed E-state index contributed by atoms with van der Waals surface area (Å²) in [5.41, 5.74) is 1.22. The van der Waals surface area contributed by atoms with Crippen molar-refractivity contribution < 1.29 is 4.74 Å². The van der Waals surface area contributed by atoms with E-state index in [0.29, 0.717) is 5.02 Å². The summed E-state index contributed by atoms with van der Waals surface area (Å²) in [5, 5.41) is 4.18. The summed E-state index contributed by atoms with van der Waals surface area (Å²) in [4.78, 5) is 0. The minimum Gasteiger partial charge on any atom is -0.489 e. The molecule has 1 aromatic rings. The highest BCUT2D eigenvalue weighted by atomic mass is 35.5. The Kier molecular flexibility index (Phi) is 4.30. The first-order valence-corrected chi connectivity index (χ1v) is 6.75. The number of hydrogen-bond donors (Lipinski definition) is 1. The Hall–Kier alpha value is -0.730. The molecule has 2 nitrogen and oxygen atoms in total. The lowest BCUT2D eigenvalue weighted by Gasteiger charge is -2.14. The van der Waals surface area contributed by atoms with Gasteiger partial charge in [0, 0.05) is 12.6 Å². The van der Waals surface area contributed by atoms with Gasteiger partial charge < -0.3 is 10.1 Å². The minimum absolute atomic E-state index is 0.211. The lowest BCUT2D eigenvalue weighted by molar-refractivity contribution is 0.217. The van der Waals surface area contributed by atoms with Crippen LogP contribution in [0.2, 0.25) is 5.02 Å². The molecule has 0 heterocycles. The second-order valence-corrected chi connectivity index (χ2v) is 5.16. The molecule has 0 spiro atoms. The molecule has 0 bridgehead atoms. The van der Waals surface area contributed by atoms with Crippen molar-refractivity contribution in [3.8, 4) is 5.75 Å². The van der Waals surface area contributed by atoms with Crippen LogP contribution in [-0.2, 0) is 6.54 Å². The summed E-state index contributed by atoms with van der Waals surface area (Å²) in [6, 6.07) is 6.77. The number of ether oxygens (including phenoxy) is 1. The SMILES string of the molecule is CCC(C)Oc1ccc(CNC2CC2)cc1Cl. The highest BCUT2D eigenvalue weighted by Crippen LogP contribution is 2.27. The van der Waals surface area contributed by atoms with E-state index < -0.39 is 0 Å². The smallest absolute Gasteiger partial charge is 0.138 e. The van der Waals surface area contributed by atoms with Gasteiger partial charge in [-0.05, 0) is 43.9 Å². The number of halogens is 1. The Labute approximate surface area is 108 Å². The largest absolute Gasteiger partial charge is 0.489 e. The fraction of sp³-hybridized carbons (Fsp3) is 0.571. The van der Waals surface area contributed by atoms with E-state index in [0.717, 1.165) is 24.8 Å². The Morgan fingerprint density at radius 2 is 2.24 bits per heavy atom. The summed E-state index contributed by atoms with van der Waals surface area (Å²) in [5.74, 6) is 0.788. The molecule has 1 N–H and O–H groups in total. The van der Waals surface area contributed by atoms with Crippen LogP contribution in [0.3, 0.4) is 0 Å². The monoisotopic (exact) mass is 253 g/mol. The van der Waals surface area contributed by atoms with Gasteiger partial charge in [-0.15, -0.1) is 0 Å². The third kappa shape index (κ3) is 3.90. The number of hydrogen-bond acceptors (Lipinski definition) is 2. The first kappa shape index (κ1) is 12.7. The maximum Gasteiger partial charge on any atom is 0.138 e. The molecule has 0 saturated heterocycles. The van der Waals surface area contributed by atoms with E-state index in [9.17, 15) is 0 Å². The van der Waals surface area contributed by atoms with Crippen LogP contribution in [0.5, 0.6) is 5.75 Å². The molecule has 0 aromatic heterocycles. The topological polar surface area (TPSA) is 21.3 Å². The average molecular weight is 254 g/mol. The van der Waals surface area contributed by atoms with E-state index in [1.165, 1.54) is 18.4 Å². The van der Waals surface area contributed by atoms with Gasteiger partial charge in [-0.1, -0.05) is 24.6 Å². The van der Waals surface area contributed by atoms with Gasteiger partial charge in [0.05, 0.1) is 11.1 Å². The maximum absolute atomic E-state index is 6.21. The lowest BCUT2D eigenvalue weighted by atomic mass is 10.2. The maximum atomic E-state index is 6.21. The zero-order valence-corrected chi connectivity index (χ0v) is 11.3. The molecular weight excluding hydrogens is 234 g/mol. The highest BCUT2D eigenvalue weighted by Gasteiger charge is 2.20. The molecule has 17 heavy (non-hydrogen) atoms. The third-order valence-electron chi connectivity index (χ3n) is 3.07. The molecule has 1 unspecified atom stereocenters. The lowest BCUT2D eigenvalue weighted by Crippen LogP contribution is -2.15. The number of nitrogens with one attached hydrogen (secondary N) is 1. The first-order chi connectivity index (χ1) is 8.19. The molecule has 0 aliphatic heterocycles. The van der Waals surface area contributed by atoms with Gasteiger partial charge in [-0.3, -0.25) is 0 Å². The van der Waals surface area contributed by atoms with E-state index in [1.807, 2.05) is 12.1 Å². The zero-order chi connectivity index (χ0) is 12.3. The van der Waals surface area contributed by atoms with E-state index in [2.05, 4.69) is 25.2 Å². The Morgan fingerprint density at radius 3 is 2.82 bits per heavy atom. The van der Waals surface area contributed by atoms with Crippen molar-refractivity contribution >= 4 is 11.6 Å². The van der Waals surface area contributed by atoms with Crippen LogP contribution < -0.4 is 10.1 Å². The van der Waals surface area contributed by atoms with Crippen molar-refractivity contribution in [2.75, 3.05) is 0 Å². The molecule has 94 valence electrons. The van der Waals surface area contributed by atoms with Gasteiger partial charge in [0.2, 0.25) is 0 Å². The number of rotatable bonds is 6. The van der Waals surface area contributed by atoms with Gasteiger partial charge in [0.25, 0.3) is 0 Å². The fourth-order valence-corrected chi connectivity index (χ4v) is 1.85. The standard InChI is InChI=1S/C14H20ClNO/c1-3-10(2)17-14-7-4-11(8-13(14)15)9-16-12-5-6-12/h4,7-8,10,12,16H,3,5-6,9H2,1-2H3. The Balaban J connectivity index is 1.94. The normalized spacial score (nSPS) is 16.9. The van der Waals surface area contributed by atoms with Crippen molar-refractivity contribution in [1.82, 2.24) is 5.32 Å². The van der Waals surface area contributed by atoms with Crippen LogP contribution in [0.4, 0.5) is 0 Å². The predicted molar refractivity (Wildman–Crippen MR) is 71.7 cm³/mol. The van der Waals surface area contributed by atoms with Crippen LogP contribution in [0.1, 0.15) is 38.7 Å². The second-order valence-electron chi connectivity index (χ2n) is 4.76. The van der Waals surface area contributed by atoms with Gasteiger partial charge in [-0.2, -0.15) is 0 Å². The zero-order valence-electron chi connectivity index (χ0n) is 10.5. The Morgan fingerprint density at radius 1 is 1.47 bits per heavy atom. The molecule has 1 aromatic carbocycles. The van der Waals surface area contributed by atoms with Crippen LogP contribution in [-0.4, -0.2) is 12.1 Å². The molecule has 0 amide bonds. The van der Waals surface area contributed by atoms with Crippen molar-refractivity contribution in [2.24, 2.45) is 0 Å². The van der Waals surface area contributed by atoms with E-state index >= 15 is 0 Å². The van der Waals surface area contributed by atoms with Crippen molar-refractivity contribution in [2.45, 2.75) is 51.8 Å². The van der Waals surface area contributed by atoms with Crippen molar-refractivity contribution in [1.29, 1.82) is 0 Å². The van der Waals surface area contributed by atoms with E-state index in [-0.39, 0.29) is 6.10 Å². The minimum atomic E-state index is 0.211. The summed E-state index contributed by atoms with van der Waals surface area (Å²) < 4.78 is 5.73. The second kappa shape index (κ2) is 5.74. The molecule has 1 aliphatic carbocycles. The van der Waals surface area contributed by atoms with Crippen LogP contribution in [0, 0.1) is 0 Å². The molecule has 1 atom stereocenters. The quantitative estimate of drug-likeness (QED) is 0.833. The first-order valence-electron chi connectivity index (χ1n) is 6.37. The van der Waals surface area contributed by atoms with Gasteiger partial charge >= 0.3 is 0 Å². The highest BCUT2D eigenvalue weighted by molar-refractivity contribution is 6.32. The molecule has 1 aliphatic rings. The van der Waals surface area contributed by atoms with Crippen LogP contribution >= 0.6 is 11.6 Å². The average Bonchev–Trinajstić information content (AvgIpc) is 3.13. The molecular formula is C14H20ClNO. The molecule has 2 rings (SSSR count). The van der Waals surface area contributed by atoms with Gasteiger partial charge in [0.1, 0.15) is 5.75 Å². The summed E-state index contributed by atoms with van der Waals surface area (Å²) in [6.45, 7) is 5.05. The van der Waals surface area contributed by atoms with E-state index in [4.69, 9.17) is 16.3 Å². The summed E-state index contributed by atoms with van der Waals surface area (Å²) in [7, 11) is 0.